The Hall–Kier alpha value is -1.79. The van der Waals surface area contributed by atoms with Gasteiger partial charge in [-0.15, -0.1) is 0 Å². The number of anilines is 1. The summed E-state index contributed by atoms with van der Waals surface area (Å²) in [4.78, 5) is 16.3. The molecule has 5 nitrogen and oxygen atoms in total. The second kappa shape index (κ2) is 6.40. The van der Waals surface area contributed by atoms with E-state index in [-0.39, 0.29) is 5.91 Å². The van der Waals surface area contributed by atoms with E-state index in [2.05, 4.69) is 20.0 Å². The minimum absolute atomic E-state index is 0.136. The zero-order valence-corrected chi connectivity index (χ0v) is 11.8. The molecule has 0 atom stereocenters. The highest BCUT2D eigenvalue weighted by Crippen LogP contribution is 2.15. The highest BCUT2D eigenvalue weighted by molar-refractivity contribution is 7.09. The molecular weight excluding hydrogens is 260 g/mol. The van der Waals surface area contributed by atoms with E-state index in [9.17, 15) is 4.79 Å². The smallest absolute Gasteiger partial charge is 0.257 e. The monoisotopic (exact) mass is 276 g/mol. The van der Waals surface area contributed by atoms with Crippen molar-refractivity contribution >= 4 is 22.6 Å². The predicted molar refractivity (Wildman–Crippen MR) is 76.7 cm³/mol. The van der Waals surface area contributed by atoms with Gasteiger partial charge in [0.25, 0.3) is 5.91 Å². The summed E-state index contributed by atoms with van der Waals surface area (Å²) in [7, 11) is 1.90. The first-order valence-electron chi connectivity index (χ1n) is 6.05. The molecule has 1 aromatic heterocycles. The van der Waals surface area contributed by atoms with Gasteiger partial charge in [0.1, 0.15) is 5.82 Å². The van der Waals surface area contributed by atoms with Gasteiger partial charge in [-0.2, -0.15) is 4.37 Å². The number of amides is 1. The number of nitrogens with zero attached hydrogens (tertiary/aromatic N) is 2. The Morgan fingerprint density at radius 2 is 2.16 bits per heavy atom. The molecule has 0 aliphatic carbocycles. The fourth-order valence-corrected chi connectivity index (χ4v) is 2.30. The molecule has 0 unspecified atom stereocenters. The SMILES string of the molecule is CNCCc1ccccc1C(=O)Nc1nc(C)ns1. The largest absolute Gasteiger partial charge is 0.319 e. The van der Waals surface area contributed by atoms with Crippen LogP contribution in [-0.4, -0.2) is 28.9 Å². The van der Waals surface area contributed by atoms with Gasteiger partial charge >= 0.3 is 0 Å². The molecule has 2 aromatic rings. The highest BCUT2D eigenvalue weighted by Gasteiger charge is 2.12. The molecule has 1 amide bonds. The predicted octanol–water partition coefficient (Wildman–Crippen LogP) is 1.86. The van der Waals surface area contributed by atoms with Crippen molar-refractivity contribution in [3.8, 4) is 0 Å². The minimum atomic E-state index is -0.136. The van der Waals surface area contributed by atoms with Gasteiger partial charge in [-0.25, -0.2) is 4.98 Å². The van der Waals surface area contributed by atoms with Gasteiger partial charge in [0.05, 0.1) is 0 Å². The lowest BCUT2D eigenvalue weighted by Crippen LogP contribution is -2.17. The third kappa shape index (κ3) is 3.59. The molecule has 6 heteroatoms. The van der Waals surface area contributed by atoms with Crippen LogP contribution in [0, 0.1) is 6.92 Å². The second-order valence-electron chi connectivity index (χ2n) is 4.11. The highest BCUT2D eigenvalue weighted by atomic mass is 32.1. The number of hydrogen-bond donors (Lipinski definition) is 2. The van der Waals surface area contributed by atoms with Gasteiger partial charge in [-0.3, -0.25) is 10.1 Å². The summed E-state index contributed by atoms with van der Waals surface area (Å²) in [6.07, 6.45) is 0.815. The number of nitrogens with one attached hydrogen (secondary N) is 2. The molecule has 100 valence electrons. The standard InChI is InChI=1S/C13H16N4OS/c1-9-15-13(19-17-9)16-12(18)11-6-4-3-5-10(11)7-8-14-2/h3-6,14H,7-8H2,1-2H3,(H,15,16,17,18). The maximum Gasteiger partial charge on any atom is 0.257 e. The first-order chi connectivity index (χ1) is 9.20. The molecule has 1 aromatic carbocycles. The van der Waals surface area contributed by atoms with Crippen LogP contribution in [0.5, 0.6) is 0 Å². The number of carbonyl (C=O) groups excluding carboxylic acids is 1. The molecule has 0 saturated heterocycles. The summed E-state index contributed by atoms with van der Waals surface area (Å²) >= 11 is 1.19. The van der Waals surface area contributed by atoms with E-state index in [4.69, 9.17) is 0 Å². The number of rotatable bonds is 5. The number of aromatic nitrogens is 2. The van der Waals surface area contributed by atoms with E-state index in [0.29, 0.717) is 16.5 Å². The van der Waals surface area contributed by atoms with Gasteiger partial charge in [0.2, 0.25) is 5.13 Å². The molecular formula is C13H16N4OS. The van der Waals surface area contributed by atoms with Crippen LogP contribution in [-0.2, 0) is 6.42 Å². The van der Waals surface area contributed by atoms with Gasteiger partial charge in [-0.1, -0.05) is 18.2 Å². The Labute approximate surface area is 116 Å². The third-order valence-electron chi connectivity index (χ3n) is 2.65. The Kier molecular flexibility index (Phi) is 4.59. The Morgan fingerprint density at radius 1 is 1.37 bits per heavy atom. The van der Waals surface area contributed by atoms with Gasteiger partial charge in [0.15, 0.2) is 0 Å². The lowest BCUT2D eigenvalue weighted by molar-refractivity contribution is 0.102. The minimum Gasteiger partial charge on any atom is -0.319 e. The number of aryl methyl sites for hydroxylation is 1. The van der Waals surface area contributed by atoms with Crippen LogP contribution in [0.3, 0.4) is 0 Å². The van der Waals surface area contributed by atoms with Crippen molar-refractivity contribution in [3.05, 3.63) is 41.2 Å². The Bertz CT molecular complexity index is 567. The molecule has 0 spiro atoms. The maximum atomic E-state index is 12.2. The van der Waals surface area contributed by atoms with Crippen LogP contribution in [0.25, 0.3) is 0 Å². The third-order valence-corrected chi connectivity index (χ3v) is 3.38. The van der Waals surface area contributed by atoms with E-state index in [0.717, 1.165) is 18.5 Å². The van der Waals surface area contributed by atoms with Crippen molar-refractivity contribution < 1.29 is 4.79 Å². The zero-order valence-electron chi connectivity index (χ0n) is 10.9. The topological polar surface area (TPSA) is 66.9 Å². The van der Waals surface area contributed by atoms with Gasteiger partial charge < -0.3 is 5.32 Å². The fourth-order valence-electron chi connectivity index (χ4n) is 1.73. The van der Waals surface area contributed by atoms with Crippen LogP contribution in [0.4, 0.5) is 5.13 Å². The normalized spacial score (nSPS) is 10.4. The average Bonchev–Trinajstić information content (AvgIpc) is 2.82. The Balaban J connectivity index is 2.14. The van der Waals surface area contributed by atoms with Crippen LogP contribution < -0.4 is 10.6 Å². The van der Waals surface area contributed by atoms with Crippen LogP contribution >= 0.6 is 11.5 Å². The van der Waals surface area contributed by atoms with E-state index in [1.54, 1.807) is 6.92 Å². The number of likely N-dealkylation sites (N-methyl/N-ethyl adjacent to an activating group) is 1. The summed E-state index contributed by atoms with van der Waals surface area (Å²) in [6, 6.07) is 7.60. The van der Waals surface area contributed by atoms with Crippen molar-refractivity contribution in [1.29, 1.82) is 0 Å². The van der Waals surface area contributed by atoms with Crippen LogP contribution in [0.2, 0.25) is 0 Å². The molecule has 1 heterocycles. The molecule has 0 saturated carbocycles. The van der Waals surface area contributed by atoms with Gasteiger partial charge in [-0.05, 0) is 38.6 Å². The van der Waals surface area contributed by atoms with E-state index in [1.807, 2.05) is 31.3 Å². The Morgan fingerprint density at radius 3 is 2.84 bits per heavy atom. The van der Waals surface area contributed by atoms with Crippen LogP contribution in [0.15, 0.2) is 24.3 Å². The van der Waals surface area contributed by atoms with E-state index < -0.39 is 0 Å². The van der Waals surface area contributed by atoms with Crippen molar-refractivity contribution in [2.24, 2.45) is 0 Å². The average molecular weight is 276 g/mol. The zero-order chi connectivity index (χ0) is 13.7. The molecule has 0 bridgehead atoms. The quantitative estimate of drug-likeness (QED) is 0.874. The fraction of sp³-hybridized carbons (Fsp3) is 0.308. The molecule has 0 radical (unpaired) electrons. The van der Waals surface area contributed by atoms with E-state index in [1.165, 1.54) is 11.5 Å². The summed E-state index contributed by atoms with van der Waals surface area (Å²) in [6.45, 7) is 2.63. The van der Waals surface area contributed by atoms with Crippen molar-refractivity contribution in [3.63, 3.8) is 0 Å². The van der Waals surface area contributed by atoms with Crippen molar-refractivity contribution in [2.75, 3.05) is 18.9 Å². The molecule has 19 heavy (non-hydrogen) atoms. The molecule has 2 N–H and O–H groups in total. The number of benzene rings is 1. The van der Waals surface area contributed by atoms with E-state index >= 15 is 0 Å². The second-order valence-corrected chi connectivity index (χ2v) is 4.86. The first kappa shape index (κ1) is 13.6. The number of carbonyl (C=O) groups is 1. The maximum absolute atomic E-state index is 12.2. The molecule has 0 aliphatic heterocycles. The van der Waals surface area contributed by atoms with Crippen LogP contribution in [0.1, 0.15) is 21.7 Å². The van der Waals surface area contributed by atoms with Crippen molar-refractivity contribution in [2.45, 2.75) is 13.3 Å². The molecule has 2 rings (SSSR count). The molecule has 0 fully saturated rings. The summed E-state index contributed by atoms with van der Waals surface area (Å²) in [5, 5.41) is 6.40. The van der Waals surface area contributed by atoms with Gasteiger partial charge in [0, 0.05) is 17.1 Å². The number of hydrogen-bond acceptors (Lipinski definition) is 5. The van der Waals surface area contributed by atoms with Crippen molar-refractivity contribution in [1.82, 2.24) is 14.7 Å². The lowest BCUT2D eigenvalue weighted by Gasteiger charge is -2.08. The summed E-state index contributed by atoms with van der Waals surface area (Å²) < 4.78 is 4.04. The molecule has 0 aliphatic rings. The summed E-state index contributed by atoms with van der Waals surface area (Å²) in [5.74, 6) is 0.534. The first-order valence-corrected chi connectivity index (χ1v) is 6.82. The summed E-state index contributed by atoms with van der Waals surface area (Å²) in [5.41, 5.74) is 1.71. The lowest BCUT2D eigenvalue weighted by atomic mass is 10.0.